The van der Waals surface area contributed by atoms with Crippen molar-refractivity contribution < 1.29 is 4.39 Å². The Labute approximate surface area is 121 Å². The minimum Gasteiger partial charge on any atom is -0.360 e. The van der Waals surface area contributed by atoms with E-state index in [1.54, 1.807) is 23.9 Å². The molecule has 1 aromatic rings. The van der Waals surface area contributed by atoms with E-state index in [-0.39, 0.29) is 5.82 Å². The number of hydrogen-bond donors (Lipinski definition) is 1. The molecule has 0 bridgehead atoms. The maximum atomic E-state index is 13.7. The van der Waals surface area contributed by atoms with Crippen LogP contribution < -0.4 is 5.32 Å². The van der Waals surface area contributed by atoms with Crippen LogP contribution in [0.4, 0.5) is 4.39 Å². The third kappa shape index (κ3) is 2.90. The Bertz CT molecular complexity index is 486. The van der Waals surface area contributed by atoms with Gasteiger partial charge in [0.05, 0.1) is 12.1 Å². The summed E-state index contributed by atoms with van der Waals surface area (Å²) in [6, 6.07) is 5.72. The number of thioether (sulfide) groups is 1. The molecule has 0 saturated heterocycles. The van der Waals surface area contributed by atoms with Crippen LogP contribution in [0.1, 0.15) is 31.2 Å². The molecule has 3 rings (SSSR count). The zero-order valence-corrected chi connectivity index (χ0v) is 12.1. The van der Waals surface area contributed by atoms with Gasteiger partial charge in [0, 0.05) is 16.3 Å². The molecule has 0 spiro atoms. The van der Waals surface area contributed by atoms with E-state index < -0.39 is 0 Å². The van der Waals surface area contributed by atoms with Crippen molar-refractivity contribution in [3.8, 4) is 0 Å². The second-order valence-corrected chi connectivity index (χ2v) is 6.40. The Morgan fingerprint density at radius 1 is 1.37 bits per heavy atom. The average molecular weight is 299 g/mol. The number of fused-ring (bicyclic) bond motifs is 1. The van der Waals surface area contributed by atoms with Crippen LogP contribution in [-0.2, 0) is 5.75 Å². The molecule has 1 aliphatic heterocycles. The van der Waals surface area contributed by atoms with E-state index in [4.69, 9.17) is 11.6 Å². The van der Waals surface area contributed by atoms with Crippen molar-refractivity contribution in [2.45, 2.75) is 43.5 Å². The Balaban J connectivity index is 1.64. The van der Waals surface area contributed by atoms with Crippen molar-refractivity contribution >= 4 is 28.5 Å². The number of amidine groups is 1. The predicted octanol–water partition coefficient (Wildman–Crippen LogP) is 3.98. The Morgan fingerprint density at radius 2 is 2.21 bits per heavy atom. The summed E-state index contributed by atoms with van der Waals surface area (Å²) in [4.78, 5) is 4.69. The van der Waals surface area contributed by atoms with E-state index in [1.165, 1.54) is 31.7 Å². The lowest BCUT2D eigenvalue weighted by atomic mass is 9.92. The van der Waals surface area contributed by atoms with Crippen LogP contribution in [0.5, 0.6) is 0 Å². The van der Waals surface area contributed by atoms with Crippen LogP contribution in [-0.4, -0.2) is 17.3 Å². The predicted molar refractivity (Wildman–Crippen MR) is 79.3 cm³/mol. The summed E-state index contributed by atoms with van der Waals surface area (Å²) < 4.78 is 13.7. The van der Waals surface area contributed by atoms with E-state index in [1.807, 2.05) is 0 Å². The van der Waals surface area contributed by atoms with Crippen LogP contribution in [0, 0.1) is 5.82 Å². The van der Waals surface area contributed by atoms with Crippen molar-refractivity contribution in [2.75, 3.05) is 0 Å². The molecule has 0 radical (unpaired) electrons. The lowest BCUT2D eigenvalue weighted by molar-refractivity contribution is 0.385. The molecule has 102 valence electrons. The first-order chi connectivity index (χ1) is 9.24. The highest BCUT2D eigenvalue weighted by Gasteiger charge is 2.30. The summed E-state index contributed by atoms with van der Waals surface area (Å²) in [5, 5.41) is 4.88. The van der Waals surface area contributed by atoms with Crippen molar-refractivity contribution in [1.29, 1.82) is 0 Å². The van der Waals surface area contributed by atoms with Gasteiger partial charge >= 0.3 is 0 Å². The molecule has 0 aromatic heterocycles. The van der Waals surface area contributed by atoms with Gasteiger partial charge in [0.15, 0.2) is 5.17 Å². The molecule has 1 aromatic carbocycles. The molecule has 5 heteroatoms. The lowest BCUT2D eigenvalue weighted by Gasteiger charge is -2.23. The molecule has 1 heterocycles. The molecule has 19 heavy (non-hydrogen) atoms. The zero-order valence-electron chi connectivity index (χ0n) is 10.5. The van der Waals surface area contributed by atoms with E-state index in [2.05, 4.69) is 10.3 Å². The summed E-state index contributed by atoms with van der Waals surface area (Å²) in [6.07, 6.45) is 4.91. The maximum absolute atomic E-state index is 13.7. The fourth-order valence-corrected chi connectivity index (χ4v) is 4.00. The van der Waals surface area contributed by atoms with Crippen molar-refractivity contribution in [3.05, 3.63) is 34.6 Å². The molecular weight excluding hydrogens is 283 g/mol. The first kappa shape index (κ1) is 13.3. The SMILES string of the molecule is Fc1cccc(Cl)c1CSC1=N[C@H]2CCCC[C@@H]2N1. The van der Waals surface area contributed by atoms with E-state index in [9.17, 15) is 4.39 Å². The molecule has 2 atom stereocenters. The minimum atomic E-state index is -0.240. The first-order valence-corrected chi connectivity index (χ1v) is 8.00. The maximum Gasteiger partial charge on any atom is 0.157 e. The number of hydrogen-bond acceptors (Lipinski definition) is 3. The fourth-order valence-electron chi connectivity index (χ4n) is 2.67. The summed E-state index contributed by atoms with van der Waals surface area (Å²) in [5.74, 6) is 0.285. The molecular formula is C14H16ClFN2S. The van der Waals surface area contributed by atoms with Crippen LogP contribution in [0.25, 0.3) is 0 Å². The largest absolute Gasteiger partial charge is 0.360 e. The second kappa shape index (κ2) is 5.71. The Kier molecular flexibility index (Phi) is 3.99. The summed E-state index contributed by atoms with van der Waals surface area (Å²) in [6.45, 7) is 0. The lowest BCUT2D eigenvalue weighted by Crippen LogP contribution is -2.36. The summed E-state index contributed by atoms with van der Waals surface area (Å²) >= 11 is 7.57. The highest BCUT2D eigenvalue weighted by atomic mass is 35.5. The van der Waals surface area contributed by atoms with Gasteiger partial charge in [-0.2, -0.15) is 0 Å². The normalized spacial score (nSPS) is 25.7. The van der Waals surface area contributed by atoms with Crippen LogP contribution in [0.15, 0.2) is 23.2 Å². The second-order valence-electron chi connectivity index (χ2n) is 5.03. The van der Waals surface area contributed by atoms with Crippen molar-refractivity contribution in [2.24, 2.45) is 4.99 Å². The number of aliphatic imine (C=N–C) groups is 1. The van der Waals surface area contributed by atoms with E-state index >= 15 is 0 Å². The Morgan fingerprint density at radius 3 is 3.00 bits per heavy atom. The fraction of sp³-hybridized carbons (Fsp3) is 0.500. The molecule has 1 aliphatic carbocycles. The van der Waals surface area contributed by atoms with Gasteiger partial charge in [-0.3, -0.25) is 4.99 Å². The van der Waals surface area contributed by atoms with Gasteiger partial charge in [-0.1, -0.05) is 42.3 Å². The smallest absolute Gasteiger partial charge is 0.157 e. The summed E-state index contributed by atoms with van der Waals surface area (Å²) in [5.41, 5.74) is 0.563. The highest BCUT2D eigenvalue weighted by Crippen LogP contribution is 2.29. The number of nitrogens with zero attached hydrogens (tertiary/aromatic N) is 1. The first-order valence-electron chi connectivity index (χ1n) is 6.64. The summed E-state index contributed by atoms with van der Waals surface area (Å²) in [7, 11) is 0. The van der Waals surface area contributed by atoms with E-state index in [0.717, 1.165) is 5.17 Å². The van der Waals surface area contributed by atoms with Crippen molar-refractivity contribution in [1.82, 2.24) is 5.32 Å². The molecule has 0 amide bonds. The Hall–Kier alpha value is -0.740. The molecule has 1 N–H and O–H groups in total. The standard InChI is InChI=1S/C14H16ClFN2S/c15-10-4-3-5-11(16)9(10)8-19-14-17-12-6-1-2-7-13(12)18-14/h3-5,12-13H,1-2,6-8H2,(H,17,18)/t12-,13-/m0/s1. The topological polar surface area (TPSA) is 24.4 Å². The highest BCUT2D eigenvalue weighted by molar-refractivity contribution is 8.13. The van der Waals surface area contributed by atoms with Gasteiger partial charge in [0.25, 0.3) is 0 Å². The molecule has 0 unspecified atom stereocenters. The molecule has 2 aliphatic rings. The van der Waals surface area contributed by atoms with Gasteiger partial charge in [-0.05, 0) is 25.0 Å². The molecule has 1 fully saturated rings. The molecule has 1 saturated carbocycles. The zero-order chi connectivity index (χ0) is 13.2. The van der Waals surface area contributed by atoms with Crippen molar-refractivity contribution in [3.63, 3.8) is 0 Å². The van der Waals surface area contributed by atoms with Gasteiger partial charge in [-0.15, -0.1) is 0 Å². The van der Waals surface area contributed by atoms with Gasteiger partial charge in [0.2, 0.25) is 0 Å². The average Bonchev–Trinajstić information content (AvgIpc) is 2.81. The molecule has 2 nitrogen and oxygen atoms in total. The van der Waals surface area contributed by atoms with E-state index in [0.29, 0.717) is 28.4 Å². The third-order valence-corrected chi connectivity index (χ3v) is 5.02. The number of nitrogens with one attached hydrogen (secondary N) is 1. The third-order valence-electron chi connectivity index (χ3n) is 3.74. The van der Waals surface area contributed by atoms with Gasteiger partial charge in [-0.25, -0.2) is 4.39 Å². The monoisotopic (exact) mass is 298 g/mol. The number of benzene rings is 1. The van der Waals surface area contributed by atoms with Gasteiger partial charge < -0.3 is 5.32 Å². The van der Waals surface area contributed by atoms with Crippen LogP contribution in [0.2, 0.25) is 5.02 Å². The number of halogens is 2. The van der Waals surface area contributed by atoms with Crippen LogP contribution in [0.3, 0.4) is 0 Å². The van der Waals surface area contributed by atoms with Crippen LogP contribution >= 0.6 is 23.4 Å². The quantitative estimate of drug-likeness (QED) is 0.893. The minimum absolute atomic E-state index is 0.240. The number of rotatable bonds is 2. The van der Waals surface area contributed by atoms with Gasteiger partial charge in [0.1, 0.15) is 5.82 Å².